The van der Waals surface area contributed by atoms with Crippen LogP contribution in [0.15, 0.2) is 48.5 Å². The van der Waals surface area contributed by atoms with Gasteiger partial charge in [-0.1, -0.05) is 36.4 Å². The van der Waals surface area contributed by atoms with Crippen LogP contribution in [0.1, 0.15) is 23.0 Å². The first kappa shape index (κ1) is 16.5. The Morgan fingerprint density at radius 3 is 2.57 bits per heavy atom. The van der Waals surface area contributed by atoms with Crippen molar-refractivity contribution in [3.05, 3.63) is 59.8 Å². The number of pyridine rings is 1. The summed E-state index contributed by atoms with van der Waals surface area (Å²) >= 11 is 0. The van der Waals surface area contributed by atoms with Crippen molar-refractivity contribution >= 4 is 11.9 Å². The van der Waals surface area contributed by atoms with E-state index in [2.05, 4.69) is 10.3 Å². The zero-order valence-corrected chi connectivity index (χ0v) is 13.0. The number of carbonyl (C=O) groups excluding carboxylic acids is 2. The molecule has 120 valence electrons. The standard InChI is InChI=1S/C17H18N2O4/c1-12(16(20)14-9-6-10-15(19-14)22-2)18-17(21)23-11-13-7-4-3-5-8-13/h3-10,12H,11H2,1-2H3,(H,18,21)/t12-/m0/s1. The quantitative estimate of drug-likeness (QED) is 0.829. The highest BCUT2D eigenvalue weighted by Crippen LogP contribution is 2.09. The molecule has 0 spiro atoms. The van der Waals surface area contributed by atoms with Crippen LogP contribution >= 0.6 is 0 Å². The number of benzene rings is 1. The average Bonchev–Trinajstić information content (AvgIpc) is 2.60. The molecular formula is C17H18N2O4. The van der Waals surface area contributed by atoms with Gasteiger partial charge >= 0.3 is 6.09 Å². The Balaban J connectivity index is 1.88. The number of ether oxygens (including phenoxy) is 2. The lowest BCUT2D eigenvalue weighted by Crippen LogP contribution is -2.39. The summed E-state index contributed by atoms with van der Waals surface area (Å²) in [5, 5.41) is 2.49. The molecule has 6 nitrogen and oxygen atoms in total. The molecule has 6 heteroatoms. The van der Waals surface area contributed by atoms with E-state index < -0.39 is 12.1 Å². The summed E-state index contributed by atoms with van der Waals surface area (Å²) in [6.45, 7) is 1.72. The molecule has 2 aromatic rings. The van der Waals surface area contributed by atoms with E-state index in [9.17, 15) is 9.59 Å². The van der Waals surface area contributed by atoms with Crippen molar-refractivity contribution in [2.45, 2.75) is 19.6 Å². The summed E-state index contributed by atoms with van der Waals surface area (Å²) in [7, 11) is 1.47. The van der Waals surface area contributed by atoms with Gasteiger partial charge in [-0.2, -0.15) is 0 Å². The zero-order valence-electron chi connectivity index (χ0n) is 13.0. The zero-order chi connectivity index (χ0) is 16.7. The van der Waals surface area contributed by atoms with Crippen LogP contribution in [0.25, 0.3) is 0 Å². The predicted octanol–water partition coefficient (Wildman–Crippen LogP) is 2.59. The molecule has 1 N–H and O–H groups in total. The largest absolute Gasteiger partial charge is 0.481 e. The first-order valence-corrected chi connectivity index (χ1v) is 7.12. The fraction of sp³-hybridized carbons (Fsp3) is 0.235. The molecule has 0 aliphatic carbocycles. The molecule has 0 bridgehead atoms. The highest BCUT2D eigenvalue weighted by Gasteiger charge is 2.19. The summed E-state index contributed by atoms with van der Waals surface area (Å²) in [5.74, 6) is 0.0234. The number of alkyl carbamates (subject to hydrolysis) is 1. The molecule has 2 rings (SSSR count). The summed E-state index contributed by atoms with van der Waals surface area (Å²) in [4.78, 5) is 28.0. The molecule has 1 heterocycles. The molecule has 0 saturated heterocycles. The predicted molar refractivity (Wildman–Crippen MR) is 84.3 cm³/mol. The van der Waals surface area contributed by atoms with Crippen LogP contribution in [0.3, 0.4) is 0 Å². The number of carbonyl (C=O) groups is 2. The maximum absolute atomic E-state index is 12.2. The lowest BCUT2D eigenvalue weighted by molar-refractivity contribution is 0.0921. The van der Waals surface area contributed by atoms with Gasteiger partial charge in [-0.3, -0.25) is 4.79 Å². The van der Waals surface area contributed by atoms with Gasteiger partial charge < -0.3 is 14.8 Å². The van der Waals surface area contributed by atoms with E-state index in [-0.39, 0.29) is 18.1 Å². The Bertz CT molecular complexity index is 673. The van der Waals surface area contributed by atoms with Crippen molar-refractivity contribution < 1.29 is 19.1 Å². The highest BCUT2D eigenvalue weighted by molar-refractivity contribution is 5.99. The van der Waals surface area contributed by atoms with E-state index in [1.807, 2.05) is 30.3 Å². The number of hydrogen-bond acceptors (Lipinski definition) is 5. The van der Waals surface area contributed by atoms with Crippen LogP contribution in [0.4, 0.5) is 4.79 Å². The molecule has 0 fully saturated rings. The summed E-state index contributed by atoms with van der Waals surface area (Å²) in [5.41, 5.74) is 1.09. The van der Waals surface area contributed by atoms with Gasteiger partial charge in [0.15, 0.2) is 0 Å². The number of nitrogens with one attached hydrogen (secondary N) is 1. The Labute approximate surface area is 134 Å². The van der Waals surface area contributed by atoms with E-state index in [4.69, 9.17) is 9.47 Å². The highest BCUT2D eigenvalue weighted by atomic mass is 16.5. The van der Waals surface area contributed by atoms with E-state index in [1.165, 1.54) is 7.11 Å². The van der Waals surface area contributed by atoms with E-state index in [0.29, 0.717) is 5.88 Å². The number of aromatic nitrogens is 1. The van der Waals surface area contributed by atoms with Crippen molar-refractivity contribution in [2.24, 2.45) is 0 Å². The summed E-state index contributed by atoms with van der Waals surface area (Å²) in [6, 6.07) is 13.4. The molecule has 0 unspecified atom stereocenters. The molecule has 1 amide bonds. The molecule has 0 saturated carbocycles. The summed E-state index contributed by atoms with van der Waals surface area (Å²) < 4.78 is 10.1. The van der Waals surface area contributed by atoms with Crippen molar-refractivity contribution in [3.8, 4) is 5.88 Å². The van der Waals surface area contributed by atoms with Crippen LogP contribution in [0.5, 0.6) is 5.88 Å². The molecule has 1 atom stereocenters. The molecule has 0 radical (unpaired) electrons. The first-order valence-electron chi connectivity index (χ1n) is 7.12. The molecule has 1 aromatic carbocycles. The minimum atomic E-state index is -0.752. The second-order valence-electron chi connectivity index (χ2n) is 4.86. The molecular weight excluding hydrogens is 296 g/mol. The number of Topliss-reactive ketones (excluding diaryl/α,β-unsaturated/α-hetero) is 1. The third-order valence-corrected chi connectivity index (χ3v) is 3.13. The normalized spacial score (nSPS) is 11.4. The van der Waals surface area contributed by atoms with Crippen molar-refractivity contribution in [3.63, 3.8) is 0 Å². The van der Waals surface area contributed by atoms with Crippen LogP contribution in [-0.4, -0.2) is 30.0 Å². The minimum absolute atomic E-state index is 0.144. The second-order valence-corrected chi connectivity index (χ2v) is 4.86. The van der Waals surface area contributed by atoms with Crippen LogP contribution in [0.2, 0.25) is 0 Å². The average molecular weight is 314 g/mol. The molecule has 0 aliphatic rings. The Hall–Kier alpha value is -2.89. The SMILES string of the molecule is COc1cccc(C(=O)[C@H](C)NC(=O)OCc2ccccc2)n1. The fourth-order valence-corrected chi connectivity index (χ4v) is 1.89. The van der Waals surface area contributed by atoms with Gasteiger partial charge in [0.25, 0.3) is 0 Å². The van der Waals surface area contributed by atoms with Gasteiger partial charge in [-0.05, 0) is 18.6 Å². The van der Waals surface area contributed by atoms with Gasteiger partial charge in [-0.15, -0.1) is 0 Å². The van der Waals surface area contributed by atoms with Crippen molar-refractivity contribution in [2.75, 3.05) is 7.11 Å². The minimum Gasteiger partial charge on any atom is -0.481 e. The van der Waals surface area contributed by atoms with Gasteiger partial charge in [0.2, 0.25) is 11.7 Å². The monoisotopic (exact) mass is 314 g/mol. The van der Waals surface area contributed by atoms with Gasteiger partial charge in [-0.25, -0.2) is 9.78 Å². The molecule has 0 aliphatic heterocycles. The topological polar surface area (TPSA) is 77.5 Å². The smallest absolute Gasteiger partial charge is 0.408 e. The number of nitrogens with zero attached hydrogens (tertiary/aromatic N) is 1. The van der Waals surface area contributed by atoms with E-state index in [1.54, 1.807) is 25.1 Å². The Kier molecular flexibility index (Phi) is 5.68. The lowest BCUT2D eigenvalue weighted by Gasteiger charge is -2.13. The second kappa shape index (κ2) is 7.93. The van der Waals surface area contributed by atoms with Gasteiger partial charge in [0, 0.05) is 6.07 Å². The number of ketones is 1. The van der Waals surface area contributed by atoms with Crippen molar-refractivity contribution in [1.29, 1.82) is 0 Å². The Morgan fingerprint density at radius 1 is 1.13 bits per heavy atom. The van der Waals surface area contributed by atoms with E-state index >= 15 is 0 Å². The number of rotatable bonds is 6. The van der Waals surface area contributed by atoms with E-state index in [0.717, 1.165) is 5.56 Å². The number of amides is 1. The number of hydrogen-bond donors (Lipinski definition) is 1. The number of methoxy groups -OCH3 is 1. The fourth-order valence-electron chi connectivity index (χ4n) is 1.89. The summed E-state index contributed by atoms with van der Waals surface area (Å²) in [6.07, 6.45) is -0.655. The van der Waals surface area contributed by atoms with Crippen molar-refractivity contribution in [1.82, 2.24) is 10.3 Å². The third-order valence-electron chi connectivity index (χ3n) is 3.13. The van der Waals surface area contributed by atoms with Gasteiger partial charge in [0.05, 0.1) is 13.2 Å². The van der Waals surface area contributed by atoms with Gasteiger partial charge in [0.1, 0.15) is 12.3 Å². The molecule has 23 heavy (non-hydrogen) atoms. The van der Waals surface area contributed by atoms with Crippen LogP contribution in [-0.2, 0) is 11.3 Å². The maximum Gasteiger partial charge on any atom is 0.408 e. The maximum atomic E-state index is 12.2. The first-order chi connectivity index (χ1) is 11.1. The molecule has 1 aromatic heterocycles. The lowest BCUT2D eigenvalue weighted by atomic mass is 10.1. The van der Waals surface area contributed by atoms with Crippen LogP contribution in [0, 0.1) is 0 Å². The third kappa shape index (κ3) is 4.81. The Morgan fingerprint density at radius 2 is 1.87 bits per heavy atom. The van der Waals surface area contributed by atoms with Crippen LogP contribution < -0.4 is 10.1 Å².